The predicted molar refractivity (Wildman–Crippen MR) is 58.9 cm³/mol. The molecule has 0 bridgehead atoms. The molecule has 2 heteroatoms. The fourth-order valence-electron chi connectivity index (χ4n) is 1.42. The number of benzene rings is 1. The average Bonchev–Trinajstić information content (AvgIpc) is 2.31. The summed E-state index contributed by atoms with van der Waals surface area (Å²) in [7, 11) is 0. The molecule has 0 aliphatic rings. The van der Waals surface area contributed by atoms with E-state index in [0.717, 1.165) is 18.4 Å². The van der Waals surface area contributed by atoms with Gasteiger partial charge in [-0.05, 0) is 17.7 Å². The maximum Gasteiger partial charge on any atom is 0.151 e. The third kappa shape index (κ3) is 2.50. The van der Waals surface area contributed by atoms with Crippen LogP contribution in [-0.2, 0) is 6.42 Å². The van der Waals surface area contributed by atoms with Crippen LogP contribution in [0, 0.1) is 0 Å². The number of nitrogens with zero attached hydrogens (tertiary/aromatic N) is 1. The minimum Gasteiger partial charge on any atom is -0.298 e. The molecule has 15 heavy (non-hydrogen) atoms. The van der Waals surface area contributed by atoms with Crippen LogP contribution in [-0.4, -0.2) is 11.3 Å². The van der Waals surface area contributed by atoms with Gasteiger partial charge in [-0.15, -0.1) is 0 Å². The molecule has 1 heterocycles. The highest BCUT2D eigenvalue weighted by atomic mass is 16.1. The summed E-state index contributed by atoms with van der Waals surface area (Å²) in [6, 6.07) is 13.8. The molecule has 0 aliphatic carbocycles. The number of aldehydes is 1. The van der Waals surface area contributed by atoms with E-state index in [2.05, 4.69) is 17.1 Å². The Hall–Kier alpha value is -1.96. The summed E-state index contributed by atoms with van der Waals surface area (Å²) in [6.07, 6.45) is 3.21. The third-order valence-corrected chi connectivity index (χ3v) is 2.21. The molecule has 0 N–H and O–H groups in total. The number of aromatic nitrogens is 1. The van der Waals surface area contributed by atoms with E-state index in [-0.39, 0.29) is 0 Å². The second-order valence-electron chi connectivity index (χ2n) is 3.36. The van der Waals surface area contributed by atoms with Crippen LogP contribution in [0.5, 0.6) is 0 Å². The fraction of sp³-hybridized carbons (Fsp3) is 0.0769. The first kappa shape index (κ1) is 9.59. The molecule has 2 rings (SSSR count). The predicted octanol–water partition coefficient (Wildman–Crippen LogP) is 2.48. The molecule has 0 atom stereocenters. The van der Waals surface area contributed by atoms with Gasteiger partial charge in [0.15, 0.2) is 6.29 Å². The van der Waals surface area contributed by atoms with Crippen molar-refractivity contribution in [1.29, 1.82) is 0 Å². The largest absolute Gasteiger partial charge is 0.298 e. The van der Waals surface area contributed by atoms with Gasteiger partial charge in [-0.3, -0.25) is 9.78 Å². The van der Waals surface area contributed by atoms with Gasteiger partial charge in [0.1, 0.15) is 0 Å². The summed E-state index contributed by atoms with van der Waals surface area (Å²) in [5.74, 6) is 0. The van der Waals surface area contributed by atoms with Crippen molar-refractivity contribution >= 4 is 6.29 Å². The first-order valence-corrected chi connectivity index (χ1v) is 4.82. The minimum absolute atomic E-state index is 0.617. The van der Waals surface area contributed by atoms with Crippen LogP contribution in [0.4, 0.5) is 0 Å². The van der Waals surface area contributed by atoms with E-state index in [4.69, 9.17) is 0 Å². The second kappa shape index (κ2) is 4.51. The van der Waals surface area contributed by atoms with Gasteiger partial charge >= 0.3 is 0 Å². The van der Waals surface area contributed by atoms with Crippen molar-refractivity contribution in [2.24, 2.45) is 0 Å². The standard InChI is InChI=1S/C13H11NO/c15-10-12-6-7-13(14-9-12)8-11-4-2-1-3-5-11/h1-7,9-10H,8H2. The van der Waals surface area contributed by atoms with Gasteiger partial charge in [0.2, 0.25) is 0 Å². The summed E-state index contributed by atoms with van der Waals surface area (Å²) in [5, 5.41) is 0. The summed E-state index contributed by atoms with van der Waals surface area (Å²) >= 11 is 0. The smallest absolute Gasteiger partial charge is 0.151 e. The SMILES string of the molecule is O=Cc1ccc(Cc2ccccc2)nc1. The van der Waals surface area contributed by atoms with Crippen LogP contribution in [0.25, 0.3) is 0 Å². The molecule has 0 fully saturated rings. The van der Waals surface area contributed by atoms with Crippen molar-refractivity contribution in [2.75, 3.05) is 0 Å². The average molecular weight is 197 g/mol. The summed E-state index contributed by atoms with van der Waals surface area (Å²) < 4.78 is 0. The van der Waals surface area contributed by atoms with E-state index in [1.165, 1.54) is 5.56 Å². The highest BCUT2D eigenvalue weighted by Crippen LogP contribution is 2.06. The van der Waals surface area contributed by atoms with Crippen LogP contribution in [0.15, 0.2) is 48.7 Å². The van der Waals surface area contributed by atoms with Crippen molar-refractivity contribution in [3.05, 3.63) is 65.5 Å². The van der Waals surface area contributed by atoms with Crippen LogP contribution in [0.1, 0.15) is 21.6 Å². The number of carbonyl (C=O) groups excluding carboxylic acids is 1. The lowest BCUT2D eigenvalue weighted by molar-refractivity contribution is 0.112. The molecular weight excluding hydrogens is 186 g/mol. The van der Waals surface area contributed by atoms with Crippen molar-refractivity contribution in [2.45, 2.75) is 6.42 Å². The van der Waals surface area contributed by atoms with E-state index < -0.39 is 0 Å². The Labute approximate surface area is 88.6 Å². The lowest BCUT2D eigenvalue weighted by atomic mass is 10.1. The lowest BCUT2D eigenvalue weighted by Gasteiger charge is -2.00. The maximum atomic E-state index is 10.4. The van der Waals surface area contributed by atoms with Gasteiger partial charge in [0.25, 0.3) is 0 Å². The normalized spacial score (nSPS) is 9.87. The van der Waals surface area contributed by atoms with Gasteiger partial charge in [-0.2, -0.15) is 0 Å². The molecule has 1 aromatic carbocycles. The highest BCUT2D eigenvalue weighted by molar-refractivity contribution is 5.73. The number of hydrogen-bond donors (Lipinski definition) is 0. The number of rotatable bonds is 3. The second-order valence-corrected chi connectivity index (χ2v) is 3.36. The maximum absolute atomic E-state index is 10.4. The quantitative estimate of drug-likeness (QED) is 0.707. The lowest BCUT2D eigenvalue weighted by Crippen LogP contribution is -1.92. The molecule has 0 aliphatic heterocycles. The van der Waals surface area contributed by atoms with E-state index in [1.807, 2.05) is 24.3 Å². The Kier molecular flexibility index (Phi) is 2.88. The van der Waals surface area contributed by atoms with Crippen LogP contribution in [0.2, 0.25) is 0 Å². The van der Waals surface area contributed by atoms with E-state index in [9.17, 15) is 4.79 Å². The van der Waals surface area contributed by atoms with Gasteiger partial charge in [-0.1, -0.05) is 30.3 Å². The summed E-state index contributed by atoms with van der Waals surface area (Å²) in [6.45, 7) is 0. The van der Waals surface area contributed by atoms with Crippen molar-refractivity contribution in [3.8, 4) is 0 Å². The van der Waals surface area contributed by atoms with Crippen molar-refractivity contribution in [1.82, 2.24) is 4.98 Å². The Morgan fingerprint density at radius 3 is 2.47 bits per heavy atom. The van der Waals surface area contributed by atoms with Crippen LogP contribution >= 0.6 is 0 Å². The molecule has 0 saturated carbocycles. The van der Waals surface area contributed by atoms with E-state index in [1.54, 1.807) is 12.3 Å². The zero-order chi connectivity index (χ0) is 10.5. The molecule has 74 valence electrons. The van der Waals surface area contributed by atoms with Crippen molar-refractivity contribution < 1.29 is 4.79 Å². The first-order valence-electron chi connectivity index (χ1n) is 4.82. The van der Waals surface area contributed by atoms with Gasteiger partial charge in [0.05, 0.1) is 0 Å². The minimum atomic E-state index is 0.617. The molecule has 0 amide bonds. The summed E-state index contributed by atoms with van der Waals surface area (Å²) in [4.78, 5) is 14.6. The van der Waals surface area contributed by atoms with Gasteiger partial charge < -0.3 is 0 Å². The third-order valence-electron chi connectivity index (χ3n) is 2.21. The zero-order valence-corrected chi connectivity index (χ0v) is 8.26. The number of hydrogen-bond acceptors (Lipinski definition) is 2. The van der Waals surface area contributed by atoms with Gasteiger partial charge in [0, 0.05) is 23.9 Å². The fourth-order valence-corrected chi connectivity index (χ4v) is 1.42. The number of carbonyl (C=O) groups is 1. The molecule has 0 spiro atoms. The van der Waals surface area contributed by atoms with Crippen LogP contribution in [0.3, 0.4) is 0 Å². The van der Waals surface area contributed by atoms with Crippen LogP contribution < -0.4 is 0 Å². The topological polar surface area (TPSA) is 30.0 Å². The molecule has 2 aromatic rings. The monoisotopic (exact) mass is 197 g/mol. The van der Waals surface area contributed by atoms with Gasteiger partial charge in [-0.25, -0.2) is 0 Å². The van der Waals surface area contributed by atoms with E-state index in [0.29, 0.717) is 5.56 Å². The molecule has 1 aromatic heterocycles. The Morgan fingerprint density at radius 1 is 1.07 bits per heavy atom. The van der Waals surface area contributed by atoms with E-state index >= 15 is 0 Å². The zero-order valence-electron chi connectivity index (χ0n) is 8.26. The molecule has 0 unspecified atom stereocenters. The highest BCUT2D eigenvalue weighted by Gasteiger charge is 1.97. The molecule has 0 radical (unpaired) electrons. The van der Waals surface area contributed by atoms with Crippen molar-refractivity contribution in [3.63, 3.8) is 0 Å². The molecule has 0 saturated heterocycles. The number of pyridine rings is 1. The molecular formula is C13H11NO. The Balaban J connectivity index is 2.15. The summed E-state index contributed by atoms with van der Waals surface area (Å²) in [5.41, 5.74) is 2.82. The molecule has 2 nitrogen and oxygen atoms in total. The first-order chi connectivity index (χ1) is 7.38. The Bertz CT molecular complexity index is 434. The Morgan fingerprint density at radius 2 is 1.87 bits per heavy atom.